The molecule has 292 valence electrons. The van der Waals surface area contributed by atoms with Crippen LogP contribution in [0.25, 0.3) is 33.5 Å². The number of aromatic amines is 1. The van der Waals surface area contributed by atoms with Gasteiger partial charge in [-0.15, -0.1) is 0 Å². The van der Waals surface area contributed by atoms with Gasteiger partial charge in [0, 0.05) is 63.0 Å². The zero-order valence-corrected chi connectivity index (χ0v) is 35.1. The first-order valence-corrected chi connectivity index (χ1v) is 21.9. The maximum absolute atomic E-state index is 3.95. The van der Waals surface area contributed by atoms with Crippen LogP contribution in [0.15, 0.2) is 181 Å². The molecular weight excluding hydrogens is 725 g/mol. The van der Waals surface area contributed by atoms with Crippen molar-refractivity contribution in [3.05, 3.63) is 220 Å². The van der Waals surface area contributed by atoms with E-state index in [9.17, 15) is 0 Å². The summed E-state index contributed by atoms with van der Waals surface area (Å²) in [6.45, 7) is 11.9. The first-order valence-electron chi connectivity index (χ1n) is 21.9. The Morgan fingerprint density at radius 3 is 2.12 bits per heavy atom. The van der Waals surface area contributed by atoms with E-state index in [-0.39, 0.29) is 16.7 Å². The summed E-state index contributed by atoms with van der Waals surface area (Å²) in [7, 11) is 0. The summed E-state index contributed by atoms with van der Waals surface area (Å²) in [5.74, 6) is 1.52. The standard InChI is InChI=1S/C58H50N2/c1-35-41-15-8-9-17-43(41)44-28-26-39(33-48(35)44)60(40-27-29-46-45-18-10-12-20-49(45)57(2,3)51(46)34-40)38-24-22-36(23-25-38)53-30-31-54(59-53)56-42-16-7-6-14-37(42)32-52-55(56)47-19-11-13-21-50(47)58(52,4)5/h6-16,18-35,37,42-43,59H,17H2,1-5H3. The number of benzene rings is 5. The van der Waals surface area contributed by atoms with Crippen LogP contribution in [0.4, 0.5) is 17.1 Å². The molecule has 0 radical (unpaired) electrons. The summed E-state index contributed by atoms with van der Waals surface area (Å²) >= 11 is 0. The molecule has 1 N–H and O–H groups in total. The van der Waals surface area contributed by atoms with Crippen molar-refractivity contribution in [2.75, 3.05) is 4.90 Å². The molecule has 6 aromatic rings. The first kappa shape index (κ1) is 35.6. The molecule has 4 atom stereocenters. The quantitative estimate of drug-likeness (QED) is 0.185. The summed E-state index contributed by atoms with van der Waals surface area (Å²) in [6.07, 6.45) is 19.8. The highest BCUT2D eigenvalue weighted by atomic mass is 15.1. The molecule has 0 amide bonds. The van der Waals surface area contributed by atoms with Crippen molar-refractivity contribution in [2.45, 2.75) is 63.7 Å². The highest BCUT2D eigenvalue weighted by molar-refractivity contribution is 6.06. The molecule has 0 bridgehead atoms. The molecule has 0 spiro atoms. The van der Waals surface area contributed by atoms with Gasteiger partial charge >= 0.3 is 0 Å². The van der Waals surface area contributed by atoms with Crippen molar-refractivity contribution >= 4 is 28.2 Å². The van der Waals surface area contributed by atoms with Gasteiger partial charge in [-0.2, -0.15) is 0 Å². The van der Waals surface area contributed by atoms with Gasteiger partial charge in [-0.3, -0.25) is 0 Å². The number of H-pyrrole nitrogens is 1. The highest BCUT2D eigenvalue weighted by Gasteiger charge is 2.44. The molecule has 1 aromatic heterocycles. The van der Waals surface area contributed by atoms with Crippen molar-refractivity contribution in [1.82, 2.24) is 4.98 Å². The van der Waals surface area contributed by atoms with Crippen LogP contribution < -0.4 is 4.90 Å². The van der Waals surface area contributed by atoms with Crippen LogP contribution in [0.2, 0.25) is 0 Å². The van der Waals surface area contributed by atoms with Crippen molar-refractivity contribution in [2.24, 2.45) is 11.8 Å². The van der Waals surface area contributed by atoms with E-state index in [2.05, 4.69) is 214 Å². The van der Waals surface area contributed by atoms with Crippen LogP contribution in [-0.2, 0) is 10.8 Å². The van der Waals surface area contributed by atoms with E-state index in [1.54, 1.807) is 5.57 Å². The van der Waals surface area contributed by atoms with E-state index in [0.717, 1.165) is 17.8 Å². The number of aromatic nitrogens is 1. The summed E-state index contributed by atoms with van der Waals surface area (Å²) < 4.78 is 0. The van der Waals surface area contributed by atoms with Crippen molar-refractivity contribution in [3.63, 3.8) is 0 Å². The number of allylic oxidation sites excluding steroid dienone is 12. The van der Waals surface area contributed by atoms with Gasteiger partial charge in [-0.1, -0.05) is 162 Å². The molecule has 0 aliphatic heterocycles. The molecule has 5 aromatic carbocycles. The van der Waals surface area contributed by atoms with Gasteiger partial charge in [0.25, 0.3) is 0 Å². The molecule has 2 heteroatoms. The third-order valence-electron chi connectivity index (χ3n) is 15.1. The van der Waals surface area contributed by atoms with Gasteiger partial charge in [-0.05, 0) is 122 Å². The van der Waals surface area contributed by atoms with Crippen LogP contribution in [0.5, 0.6) is 0 Å². The van der Waals surface area contributed by atoms with Gasteiger partial charge < -0.3 is 9.88 Å². The fraction of sp³-hybridized carbons (Fsp3) is 0.207. The van der Waals surface area contributed by atoms with Gasteiger partial charge in [0.05, 0.1) is 0 Å². The van der Waals surface area contributed by atoms with Crippen LogP contribution in [0.1, 0.15) is 91.9 Å². The Hall–Kier alpha value is -6.38. The lowest BCUT2D eigenvalue weighted by atomic mass is 9.70. The molecule has 2 nitrogen and oxygen atoms in total. The molecule has 12 rings (SSSR count). The molecule has 0 saturated heterocycles. The van der Waals surface area contributed by atoms with E-state index in [1.165, 1.54) is 83.9 Å². The van der Waals surface area contributed by atoms with E-state index in [4.69, 9.17) is 0 Å². The lowest BCUT2D eigenvalue weighted by Crippen LogP contribution is -2.23. The molecular formula is C58H50N2. The number of nitrogens with zero attached hydrogens (tertiary/aromatic N) is 1. The Morgan fingerprint density at radius 1 is 0.600 bits per heavy atom. The predicted molar refractivity (Wildman–Crippen MR) is 251 cm³/mol. The number of nitrogens with one attached hydrogen (secondary N) is 1. The normalized spacial score (nSPS) is 22.9. The smallest absolute Gasteiger partial charge is 0.0465 e. The van der Waals surface area contributed by atoms with E-state index in [1.807, 2.05) is 0 Å². The molecule has 0 fully saturated rings. The topological polar surface area (TPSA) is 19.0 Å². The second-order valence-electron chi connectivity index (χ2n) is 18.9. The molecule has 6 aliphatic carbocycles. The fourth-order valence-electron chi connectivity index (χ4n) is 11.9. The summed E-state index contributed by atoms with van der Waals surface area (Å²) in [5.41, 5.74) is 24.0. The minimum absolute atomic E-state index is 0.0452. The van der Waals surface area contributed by atoms with Gasteiger partial charge in [0.1, 0.15) is 0 Å². The number of fused-ring (bicyclic) bond motifs is 10. The largest absolute Gasteiger partial charge is 0.355 e. The second kappa shape index (κ2) is 12.8. The maximum Gasteiger partial charge on any atom is 0.0465 e. The molecule has 4 unspecified atom stereocenters. The van der Waals surface area contributed by atoms with E-state index in [0.29, 0.717) is 17.8 Å². The van der Waals surface area contributed by atoms with Crippen molar-refractivity contribution in [1.29, 1.82) is 0 Å². The van der Waals surface area contributed by atoms with Gasteiger partial charge in [0.15, 0.2) is 0 Å². The molecule has 6 aliphatic rings. The van der Waals surface area contributed by atoms with Crippen molar-refractivity contribution < 1.29 is 0 Å². The third kappa shape index (κ3) is 5.00. The van der Waals surface area contributed by atoms with Gasteiger partial charge in [0.2, 0.25) is 0 Å². The Labute approximate surface area is 354 Å². The summed E-state index contributed by atoms with van der Waals surface area (Å²) in [6, 6.07) is 46.2. The SMILES string of the molecule is CC1C2=CC=CCC2c2ccc(N(c3ccc(-c4ccc(C5=C6C(=CC7C=CC=CC57)C(C)(C)c5ccccc56)[nH]4)cc3)c3ccc4c(c3)C(C)(C)c3ccccc3-4)cc21. The highest BCUT2D eigenvalue weighted by Crippen LogP contribution is 2.58. The molecule has 60 heavy (non-hydrogen) atoms. The van der Waals surface area contributed by atoms with Crippen LogP contribution in [0.3, 0.4) is 0 Å². The monoisotopic (exact) mass is 774 g/mol. The average molecular weight is 775 g/mol. The minimum Gasteiger partial charge on any atom is -0.355 e. The predicted octanol–water partition coefficient (Wildman–Crippen LogP) is 15.0. The number of rotatable bonds is 5. The fourth-order valence-corrected chi connectivity index (χ4v) is 11.9. The Kier molecular flexibility index (Phi) is 7.59. The van der Waals surface area contributed by atoms with Crippen LogP contribution in [0, 0.1) is 11.8 Å². The molecule has 1 heterocycles. The first-order chi connectivity index (χ1) is 29.2. The zero-order chi connectivity index (χ0) is 40.5. The third-order valence-corrected chi connectivity index (χ3v) is 15.1. The number of hydrogen-bond acceptors (Lipinski definition) is 1. The number of anilines is 3. The summed E-state index contributed by atoms with van der Waals surface area (Å²) in [5, 5.41) is 0. The Balaban J connectivity index is 0.952. The second-order valence-corrected chi connectivity index (χ2v) is 18.9. The zero-order valence-electron chi connectivity index (χ0n) is 35.1. The lowest BCUT2D eigenvalue weighted by Gasteiger charge is -2.34. The Morgan fingerprint density at radius 2 is 1.28 bits per heavy atom. The van der Waals surface area contributed by atoms with Crippen LogP contribution >= 0.6 is 0 Å². The van der Waals surface area contributed by atoms with Crippen molar-refractivity contribution in [3.8, 4) is 22.4 Å². The minimum atomic E-state index is -0.0877. The lowest BCUT2D eigenvalue weighted by molar-refractivity contribution is 0.619. The maximum atomic E-state index is 3.95. The van der Waals surface area contributed by atoms with Crippen LogP contribution in [-0.4, -0.2) is 4.98 Å². The molecule has 0 saturated carbocycles. The summed E-state index contributed by atoms with van der Waals surface area (Å²) in [4.78, 5) is 6.43. The van der Waals surface area contributed by atoms with E-state index >= 15 is 0 Å². The number of hydrogen-bond donors (Lipinski definition) is 1. The van der Waals surface area contributed by atoms with Gasteiger partial charge in [-0.25, -0.2) is 0 Å². The van der Waals surface area contributed by atoms with E-state index < -0.39 is 0 Å². The average Bonchev–Trinajstić information content (AvgIpc) is 4.00. The Bertz CT molecular complexity index is 2990.